The maximum absolute atomic E-state index is 12.4. The van der Waals surface area contributed by atoms with E-state index in [4.69, 9.17) is 13.9 Å². The fourth-order valence-electron chi connectivity index (χ4n) is 3.48. The lowest BCUT2D eigenvalue weighted by molar-refractivity contribution is -0.271. The summed E-state index contributed by atoms with van der Waals surface area (Å²) in [5.41, 5.74) is -0.0585. The molecule has 2 aromatic carbocycles. The van der Waals surface area contributed by atoms with E-state index in [2.05, 4.69) is 4.74 Å². The van der Waals surface area contributed by atoms with Gasteiger partial charge in [-0.2, -0.15) is 0 Å². The van der Waals surface area contributed by atoms with Crippen molar-refractivity contribution in [1.29, 1.82) is 0 Å². The van der Waals surface area contributed by atoms with Gasteiger partial charge in [0.2, 0.25) is 6.29 Å². The molecule has 5 N–H and O–H groups in total. The molecule has 33 heavy (non-hydrogen) atoms. The van der Waals surface area contributed by atoms with Crippen molar-refractivity contribution in [1.82, 2.24) is 0 Å². The third kappa shape index (κ3) is 4.22. The summed E-state index contributed by atoms with van der Waals surface area (Å²) in [7, 11) is 1.08. The summed E-state index contributed by atoms with van der Waals surface area (Å²) in [6.45, 7) is 0. The van der Waals surface area contributed by atoms with Gasteiger partial charge in [0.1, 0.15) is 52.3 Å². The van der Waals surface area contributed by atoms with Crippen LogP contribution in [-0.2, 0) is 14.3 Å². The number of aromatic hydroxyl groups is 2. The summed E-state index contributed by atoms with van der Waals surface area (Å²) in [6.07, 6.45) is -8.11. The first-order valence-corrected chi connectivity index (χ1v) is 9.74. The zero-order valence-corrected chi connectivity index (χ0v) is 17.1. The minimum absolute atomic E-state index is 0.00421. The van der Waals surface area contributed by atoms with Gasteiger partial charge in [-0.05, 0) is 24.3 Å². The molecule has 1 aliphatic heterocycles. The van der Waals surface area contributed by atoms with Gasteiger partial charge in [-0.15, -0.1) is 0 Å². The summed E-state index contributed by atoms with van der Waals surface area (Å²) >= 11 is 0. The van der Waals surface area contributed by atoms with Crippen molar-refractivity contribution in [3.63, 3.8) is 0 Å². The molecule has 0 bridgehead atoms. The highest BCUT2D eigenvalue weighted by molar-refractivity contribution is 5.86. The van der Waals surface area contributed by atoms with Crippen LogP contribution in [0.5, 0.6) is 17.2 Å². The molecule has 0 saturated carbocycles. The highest BCUT2D eigenvalue weighted by Crippen LogP contribution is 2.31. The zero-order valence-electron chi connectivity index (χ0n) is 17.1. The number of carbonyl (C=O) groups is 1. The number of hydrogen-bond acceptors (Lipinski definition) is 11. The van der Waals surface area contributed by atoms with Crippen LogP contribution < -0.4 is 10.2 Å². The Morgan fingerprint density at radius 2 is 1.67 bits per heavy atom. The van der Waals surface area contributed by atoms with E-state index in [1.807, 2.05) is 0 Å². The van der Waals surface area contributed by atoms with Gasteiger partial charge >= 0.3 is 5.97 Å². The second-order valence-electron chi connectivity index (χ2n) is 7.38. The van der Waals surface area contributed by atoms with E-state index >= 15 is 0 Å². The first-order chi connectivity index (χ1) is 15.7. The molecule has 1 fully saturated rings. The van der Waals surface area contributed by atoms with Crippen LogP contribution in [0.3, 0.4) is 0 Å². The van der Waals surface area contributed by atoms with Gasteiger partial charge in [0, 0.05) is 23.8 Å². The summed E-state index contributed by atoms with van der Waals surface area (Å²) in [5, 5.41) is 49.5. The second kappa shape index (κ2) is 8.71. The number of carbonyl (C=O) groups excluding carboxylic acids is 1. The summed E-state index contributed by atoms with van der Waals surface area (Å²) < 4.78 is 21.0. The van der Waals surface area contributed by atoms with E-state index in [-0.39, 0.29) is 28.2 Å². The average molecular weight is 460 g/mol. The molecule has 1 aromatic heterocycles. The van der Waals surface area contributed by atoms with Crippen LogP contribution in [0.1, 0.15) is 0 Å². The number of fused-ring (bicyclic) bond motifs is 1. The number of ether oxygens (including phenoxy) is 3. The smallest absolute Gasteiger partial charge is 0.337 e. The molecule has 0 aliphatic carbocycles. The molecule has 4 rings (SSSR count). The van der Waals surface area contributed by atoms with Crippen LogP contribution in [0.15, 0.2) is 51.7 Å². The van der Waals surface area contributed by atoms with Crippen LogP contribution in [0.4, 0.5) is 0 Å². The Kier molecular flexibility index (Phi) is 5.95. The van der Waals surface area contributed by atoms with E-state index in [1.54, 1.807) is 0 Å². The van der Waals surface area contributed by atoms with Crippen molar-refractivity contribution in [2.45, 2.75) is 30.7 Å². The Hall–Kier alpha value is -3.64. The van der Waals surface area contributed by atoms with E-state index in [0.717, 1.165) is 13.2 Å². The van der Waals surface area contributed by atoms with Crippen LogP contribution in [-0.4, -0.2) is 69.3 Å². The Bertz CT molecular complexity index is 1230. The Morgan fingerprint density at radius 3 is 2.33 bits per heavy atom. The van der Waals surface area contributed by atoms with Gasteiger partial charge in [0.05, 0.1) is 7.11 Å². The third-order valence-electron chi connectivity index (χ3n) is 5.19. The lowest BCUT2D eigenvalue weighted by Crippen LogP contribution is -2.61. The average Bonchev–Trinajstić information content (AvgIpc) is 2.78. The van der Waals surface area contributed by atoms with Crippen LogP contribution >= 0.6 is 0 Å². The molecular formula is C22H20O11. The van der Waals surface area contributed by atoms with Crippen molar-refractivity contribution >= 4 is 16.9 Å². The Morgan fingerprint density at radius 1 is 0.970 bits per heavy atom. The summed E-state index contributed by atoms with van der Waals surface area (Å²) in [6, 6.07) is 9.40. The number of esters is 1. The maximum atomic E-state index is 12.4. The van der Waals surface area contributed by atoms with Crippen molar-refractivity contribution in [3.8, 4) is 28.6 Å². The molecule has 0 amide bonds. The van der Waals surface area contributed by atoms with Gasteiger partial charge in [-0.1, -0.05) is 0 Å². The van der Waals surface area contributed by atoms with Crippen LogP contribution in [0.2, 0.25) is 0 Å². The lowest BCUT2D eigenvalue weighted by Gasteiger charge is -2.38. The standard InChI is InChI=1S/C22H20O11/c1-30-21(29)20-18(27)17(26)19(28)22(33-20)31-11-4-2-9(3-5-11)14-8-13(25)16-12(24)6-10(23)7-15(16)32-14/h2-8,17-20,22-24,26-28H,1H3. The molecule has 1 aliphatic rings. The molecule has 0 radical (unpaired) electrons. The van der Waals surface area contributed by atoms with Gasteiger partial charge in [0.25, 0.3) is 0 Å². The Balaban J connectivity index is 1.58. The quantitative estimate of drug-likeness (QED) is 0.337. The number of benzene rings is 2. The fourth-order valence-corrected chi connectivity index (χ4v) is 3.48. The summed E-state index contributed by atoms with van der Waals surface area (Å²) in [4.78, 5) is 24.2. The molecule has 174 valence electrons. The Labute approximate surface area is 185 Å². The minimum Gasteiger partial charge on any atom is -0.508 e. The molecule has 3 aromatic rings. The lowest BCUT2D eigenvalue weighted by atomic mass is 9.99. The maximum Gasteiger partial charge on any atom is 0.337 e. The van der Waals surface area contributed by atoms with Gasteiger partial charge in [-0.3, -0.25) is 4.79 Å². The predicted octanol–water partition coefficient (Wildman–Crippen LogP) is 0.231. The van der Waals surface area contributed by atoms with E-state index < -0.39 is 47.9 Å². The van der Waals surface area contributed by atoms with Crippen molar-refractivity contribution in [2.24, 2.45) is 0 Å². The SMILES string of the molecule is COC(=O)C1OC(Oc2ccc(-c3cc(=O)c4c(O)cc(O)cc4o3)cc2)C(O)C(O)C1O. The molecule has 1 saturated heterocycles. The van der Waals surface area contributed by atoms with Crippen LogP contribution in [0, 0.1) is 0 Å². The molecule has 2 heterocycles. The number of phenolic OH excluding ortho intramolecular Hbond substituents is 2. The zero-order chi connectivity index (χ0) is 23.9. The summed E-state index contributed by atoms with van der Waals surface area (Å²) in [5.74, 6) is -1.29. The minimum atomic E-state index is -1.72. The molecule has 11 heteroatoms. The molecule has 5 unspecified atom stereocenters. The first-order valence-electron chi connectivity index (χ1n) is 9.74. The normalized spacial score (nSPS) is 25.0. The van der Waals surface area contributed by atoms with E-state index in [9.17, 15) is 35.1 Å². The molecular weight excluding hydrogens is 440 g/mol. The van der Waals surface area contributed by atoms with Gasteiger partial charge in [0.15, 0.2) is 11.5 Å². The molecule has 11 nitrogen and oxygen atoms in total. The van der Waals surface area contributed by atoms with Crippen molar-refractivity contribution < 1.29 is 49.0 Å². The molecule has 5 atom stereocenters. The number of methoxy groups -OCH3 is 1. The number of aliphatic hydroxyl groups is 3. The number of rotatable bonds is 4. The van der Waals surface area contributed by atoms with E-state index in [0.29, 0.717) is 5.56 Å². The predicted molar refractivity (Wildman–Crippen MR) is 111 cm³/mol. The monoisotopic (exact) mass is 460 g/mol. The van der Waals surface area contributed by atoms with Crippen molar-refractivity contribution in [2.75, 3.05) is 7.11 Å². The topological polar surface area (TPSA) is 176 Å². The van der Waals surface area contributed by atoms with Crippen molar-refractivity contribution in [3.05, 3.63) is 52.7 Å². The number of phenols is 2. The first kappa shape index (κ1) is 22.6. The van der Waals surface area contributed by atoms with Gasteiger partial charge < -0.3 is 44.2 Å². The van der Waals surface area contributed by atoms with E-state index in [1.165, 1.54) is 36.4 Å². The molecule has 0 spiro atoms. The van der Waals surface area contributed by atoms with Crippen LogP contribution in [0.25, 0.3) is 22.3 Å². The largest absolute Gasteiger partial charge is 0.508 e. The fraction of sp³-hybridized carbons (Fsp3) is 0.273. The number of hydrogen-bond donors (Lipinski definition) is 5. The highest BCUT2D eigenvalue weighted by atomic mass is 16.7. The van der Waals surface area contributed by atoms with Gasteiger partial charge in [-0.25, -0.2) is 4.79 Å². The third-order valence-corrected chi connectivity index (χ3v) is 5.19. The number of aliphatic hydroxyl groups excluding tert-OH is 3. The second-order valence-corrected chi connectivity index (χ2v) is 7.38. The highest BCUT2D eigenvalue weighted by Gasteiger charge is 2.48.